The van der Waals surface area contributed by atoms with Gasteiger partial charge in [-0.05, 0) is 0 Å². The molecule has 0 radical (unpaired) electrons. The summed E-state index contributed by atoms with van der Waals surface area (Å²) in [5.74, 6) is 0.723. The zero-order chi connectivity index (χ0) is 14.5. The van der Waals surface area contributed by atoms with Crippen LogP contribution in [-0.4, -0.2) is 47.6 Å². The van der Waals surface area contributed by atoms with E-state index in [1.807, 2.05) is 10.2 Å². The van der Waals surface area contributed by atoms with Crippen LogP contribution in [0.4, 0.5) is 0 Å². The number of benzene rings is 1. The van der Waals surface area contributed by atoms with E-state index in [1.165, 1.54) is 6.07 Å². The number of carbonyl (C=O) groups excluding carboxylic acids is 1. The van der Waals surface area contributed by atoms with E-state index >= 15 is 0 Å². The summed E-state index contributed by atoms with van der Waals surface area (Å²) in [6.45, 7) is 0. The van der Waals surface area contributed by atoms with Gasteiger partial charge < -0.3 is 0 Å². The third-order valence-corrected chi connectivity index (χ3v) is 7.81. The van der Waals surface area contributed by atoms with Gasteiger partial charge in [-0.3, -0.25) is 0 Å². The summed E-state index contributed by atoms with van der Waals surface area (Å²) < 4.78 is 0.544. The average molecular weight is 424 g/mol. The molecule has 0 aliphatic carbocycles. The summed E-state index contributed by atoms with van der Waals surface area (Å²) in [6, 6.07) is 5.09. The van der Waals surface area contributed by atoms with Crippen molar-refractivity contribution in [1.29, 1.82) is 0 Å². The number of nitrogens with one attached hydrogen (secondary N) is 1. The van der Waals surface area contributed by atoms with Crippen LogP contribution in [0, 0.1) is 0 Å². The van der Waals surface area contributed by atoms with Crippen LogP contribution in [0.15, 0.2) is 27.8 Å². The fourth-order valence-corrected chi connectivity index (χ4v) is 6.86. The third kappa shape index (κ3) is 4.15. The molecule has 0 saturated carbocycles. The Kier molecular flexibility index (Phi) is 5.77. The maximum atomic E-state index is 12.0. The van der Waals surface area contributed by atoms with Gasteiger partial charge in [-0.25, -0.2) is 0 Å². The van der Waals surface area contributed by atoms with Crippen LogP contribution in [0.1, 0.15) is 5.56 Å². The van der Waals surface area contributed by atoms with Gasteiger partial charge in [0.25, 0.3) is 0 Å². The van der Waals surface area contributed by atoms with Crippen LogP contribution in [0.2, 0.25) is 5.32 Å². The minimum absolute atomic E-state index is 0.0759. The fraction of sp³-hybridized carbons (Fsp3) is 0.333. The van der Waals surface area contributed by atoms with E-state index in [1.54, 1.807) is 12.1 Å². The van der Waals surface area contributed by atoms with E-state index in [-0.39, 0.29) is 29.8 Å². The number of phenolic OH excluding ortho intramolecular Hbond substituents is 1. The number of phenols is 1. The van der Waals surface area contributed by atoms with Crippen molar-refractivity contribution in [3.8, 4) is 5.75 Å². The Morgan fingerprint density at radius 3 is 3.00 bits per heavy atom. The van der Waals surface area contributed by atoms with Crippen molar-refractivity contribution < 1.29 is 15.1 Å². The molecule has 1 aliphatic rings. The van der Waals surface area contributed by atoms with Crippen molar-refractivity contribution in [2.45, 2.75) is 17.8 Å². The monoisotopic (exact) mass is 424 g/mol. The first-order valence-electron chi connectivity index (χ1n) is 5.83. The molecule has 1 aliphatic heterocycles. The number of carbonyl (C=O) groups is 1. The number of oxime groups is 1. The van der Waals surface area contributed by atoms with Crippen LogP contribution < -0.4 is 5.32 Å². The molecule has 5 nitrogen and oxygen atoms in total. The molecule has 108 valence electrons. The van der Waals surface area contributed by atoms with Gasteiger partial charge in [-0.15, -0.1) is 0 Å². The Labute approximate surface area is 134 Å². The second-order valence-electron chi connectivity index (χ2n) is 4.25. The van der Waals surface area contributed by atoms with Gasteiger partial charge in [0.15, 0.2) is 0 Å². The Bertz CT molecular complexity index is 535. The van der Waals surface area contributed by atoms with Gasteiger partial charge in [0, 0.05) is 0 Å². The third-order valence-electron chi connectivity index (χ3n) is 2.72. The topological polar surface area (TPSA) is 81.9 Å². The van der Waals surface area contributed by atoms with Gasteiger partial charge in [-0.2, -0.15) is 0 Å². The number of amides is 1. The molecule has 1 amide bonds. The van der Waals surface area contributed by atoms with Crippen molar-refractivity contribution in [2.24, 2.45) is 5.16 Å². The number of nitrogens with zero attached hydrogens (tertiary/aromatic N) is 1. The predicted molar refractivity (Wildman–Crippen MR) is 83.7 cm³/mol. The number of hydrogen-bond acceptors (Lipinski definition) is 5. The van der Waals surface area contributed by atoms with Crippen molar-refractivity contribution in [3.05, 3.63) is 28.2 Å². The Morgan fingerprint density at radius 1 is 1.60 bits per heavy atom. The summed E-state index contributed by atoms with van der Waals surface area (Å²) in [5, 5.41) is 25.4. The summed E-state index contributed by atoms with van der Waals surface area (Å²) in [4.78, 5) is 12.0. The molecule has 1 atom stereocenters. The van der Waals surface area contributed by atoms with Gasteiger partial charge in [0.05, 0.1) is 0 Å². The van der Waals surface area contributed by atoms with E-state index in [0.29, 0.717) is 18.3 Å². The SMILES string of the molecule is O=C(NC1CS[Se]C1)/C(Cc1ccc(O)c(Br)c1)=N/O. The Balaban J connectivity index is 2.00. The molecule has 1 fully saturated rings. The zero-order valence-corrected chi connectivity index (χ0v) is 14.5. The van der Waals surface area contributed by atoms with E-state index in [4.69, 9.17) is 5.21 Å². The standard InChI is InChI=1S/C12H13BrN2O3SSe/c13-9-3-7(1-2-11(9)16)4-10(15-18)12(17)14-8-5-19-20-6-8/h1-3,8,16,18H,4-6H2,(H,14,17)/b15-10+. The molecule has 20 heavy (non-hydrogen) atoms. The molecule has 1 aromatic rings. The molecule has 8 heteroatoms. The number of aromatic hydroxyl groups is 1. The fourth-order valence-electron chi connectivity index (χ4n) is 1.68. The second-order valence-corrected chi connectivity index (χ2v) is 9.57. The van der Waals surface area contributed by atoms with Crippen molar-refractivity contribution in [2.75, 3.05) is 5.75 Å². The van der Waals surface area contributed by atoms with E-state index in [9.17, 15) is 9.90 Å². The van der Waals surface area contributed by atoms with E-state index in [0.717, 1.165) is 16.6 Å². The molecule has 1 unspecified atom stereocenters. The van der Waals surface area contributed by atoms with Gasteiger partial charge in [-0.1, -0.05) is 0 Å². The Hall–Kier alpha value is -0.691. The maximum absolute atomic E-state index is 12.0. The molecule has 1 aromatic carbocycles. The van der Waals surface area contributed by atoms with Crippen LogP contribution in [-0.2, 0) is 11.2 Å². The molecule has 1 heterocycles. The molecule has 0 bridgehead atoms. The van der Waals surface area contributed by atoms with Crippen LogP contribution >= 0.6 is 26.1 Å². The zero-order valence-electron chi connectivity index (χ0n) is 10.4. The van der Waals surface area contributed by atoms with Gasteiger partial charge in [0.1, 0.15) is 0 Å². The van der Waals surface area contributed by atoms with Crippen molar-refractivity contribution in [3.63, 3.8) is 0 Å². The number of halogens is 1. The first-order chi connectivity index (χ1) is 9.60. The quantitative estimate of drug-likeness (QED) is 0.298. The van der Waals surface area contributed by atoms with Crippen molar-refractivity contribution in [1.82, 2.24) is 5.32 Å². The van der Waals surface area contributed by atoms with Crippen LogP contribution in [0.5, 0.6) is 5.75 Å². The molecule has 1 saturated heterocycles. The molecule has 0 aromatic heterocycles. The van der Waals surface area contributed by atoms with Gasteiger partial charge >= 0.3 is 135 Å². The predicted octanol–water partition coefficient (Wildman–Crippen LogP) is 1.80. The summed E-state index contributed by atoms with van der Waals surface area (Å²) in [6.07, 6.45) is 0.215. The molecular formula is C12H13BrN2O3SSe. The molecule has 2 rings (SSSR count). The Morgan fingerprint density at radius 2 is 2.40 bits per heavy atom. The molecular weight excluding hydrogens is 411 g/mol. The van der Waals surface area contributed by atoms with Crippen molar-refractivity contribution >= 4 is 51.6 Å². The van der Waals surface area contributed by atoms with Gasteiger partial charge in [0.2, 0.25) is 0 Å². The summed E-state index contributed by atoms with van der Waals surface area (Å²) in [7, 11) is 1.86. The number of rotatable bonds is 4. The normalized spacial score (nSPS) is 19.1. The van der Waals surface area contributed by atoms with E-state index in [2.05, 4.69) is 26.4 Å². The first kappa shape index (κ1) is 15.7. The molecule has 3 N–H and O–H groups in total. The second kappa shape index (κ2) is 7.36. The van der Waals surface area contributed by atoms with E-state index < -0.39 is 0 Å². The minimum atomic E-state index is -0.333. The number of hydrogen-bond donors (Lipinski definition) is 3. The van der Waals surface area contributed by atoms with Crippen LogP contribution in [0.25, 0.3) is 0 Å². The first-order valence-corrected chi connectivity index (χ1v) is 10.8. The molecule has 0 spiro atoms. The van der Waals surface area contributed by atoms with Crippen LogP contribution in [0.3, 0.4) is 0 Å². The average Bonchev–Trinajstić information content (AvgIpc) is 2.92. The summed E-state index contributed by atoms with van der Waals surface area (Å²) >= 11 is 3.75. The summed E-state index contributed by atoms with van der Waals surface area (Å²) in [5.41, 5.74) is 0.856.